The molecule has 0 aliphatic heterocycles. The second kappa shape index (κ2) is 8.74. The standard InChI is InChI=1S/C26H20N2O6/c29-24(28-22(25(30)31)11-15-13-27-21-8-4-3-5-17(15)21)14-33-16-9-10-19-18-6-1-2-7-20(18)26(32)34-23(19)12-16/h1-10,12-13,22,27H,11,14H2,(H,28,29)(H,30,31)/p-1/t22-/m0/s1. The molecule has 5 rings (SSSR count). The van der Waals surface area contributed by atoms with Gasteiger partial charge in [0, 0.05) is 35.0 Å². The van der Waals surface area contributed by atoms with E-state index in [9.17, 15) is 19.5 Å². The Bertz CT molecular complexity index is 1600. The van der Waals surface area contributed by atoms with Gasteiger partial charge in [0.1, 0.15) is 11.3 Å². The number of nitrogens with one attached hydrogen (secondary N) is 2. The van der Waals surface area contributed by atoms with Crippen LogP contribution >= 0.6 is 0 Å². The summed E-state index contributed by atoms with van der Waals surface area (Å²) in [6, 6.07) is 18.3. The summed E-state index contributed by atoms with van der Waals surface area (Å²) in [7, 11) is 0. The molecule has 8 heteroatoms. The highest BCUT2D eigenvalue weighted by atomic mass is 16.5. The first kappa shape index (κ1) is 21.3. The fraction of sp³-hybridized carbons (Fsp3) is 0.115. The van der Waals surface area contributed by atoms with Gasteiger partial charge in [0.25, 0.3) is 5.91 Å². The monoisotopic (exact) mass is 455 g/mol. The lowest BCUT2D eigenvalue weighted by Crippen LogP contribution is -2.50. The third kappa shape index (κ3) is 4.09. The molecule has 0 fully saturated rings. The predicted molar refractivity (Wildman–Crippen MR) is 124 cm³/mol. The van der Waals surface area contributed by atoms with Gasteiger partial charge >= 0.3 is 5.63 Å². The SMILES string of the molecule is O=C(COc1ccc2c(c1)oc(=O)c1ccccc12)N[C@@H](Cc1c[nH]c2ccccc12)C(=O)[O-]. The molecular formula is C26H19N2O6-. The zero-order chi connectivity index (χ0) is 23.7. The van der Waals surface area contributed by atoms with Crippen molar-refractivity contribution in [3.63, 3.8) is 0 Å². The van der Waals surface area contributed by atoms with Gasteiger partial charge in [-0.15, -0.1) is 0 Å². The van der Waals surface area contributed by atoms with Gasteiger partial charge in [-0.2, -0.15) is 0 Å². The number of hydrogen-bond donors (Lipinski definition) is 2. The number of aliphatic carboxylic acids is 1. The number of hydrogen-bond acceptors (Lipinski definition) is 6. The molecule has 0 unspecified atom stereocenters. The third-order valence-electron chi connectivity index (χ3n) is 5.68. The number of carbonyl (C=O) groups is 2. The summed E-state index contributed by atoms with van der Waals surface area (Å²) in [4.78, 5) is 39.4. The highest BCUT2D eigenvalue weighted by Gasteiger charge is 2.17. The lowest BCUT2D eigenvalue weighted by molar-refractivity contribution is -0.308. The van der Waals surface area contributed by atoms with E-state index in [1.54, 1.807) is 30.5 Å². The van der Waals surface area contributed by atoms with Crippen molar-refractivity contribution in [1.29, 1.82) is 0 Å². The van der Waals surface area contributed by atoms with Gasteiger partial charge in [0.05, 0.1) is 17.4 Å². The van der Waals surface area contributed by atoms with Crippen LogP contribution in [0.1, 0.15) is 5.56 Å². The normalized spacial score (nSPS) is 12.1. The number of carbonyl (C=O) groups excluding carboxylic acids is 2. The Morgan fingerprint density at radius 2 is 1.71 bits per heavy atom. The molecule has 5 aromatic rings. The summed E-state index contributed by atoms with van der Waals surface area (Å²) in [5.41, 5.74) is 1.49. The molecule has 0 radical (unpaired) electrons. The van der Waals surface area contributed by atoms with Gasteiger partial charge in [-0.1, -0.05) is 36.4 Å². The number of fused-ring (bicyclic) bond motifs is 4. The number of aromatic nitrogens is 1. The van der Waals surface area contributed by atoms with Crippen molar-refractivity contribution in [2.45, 2.75) is 12.5 Å². The second-order valence-electron chi connectivity index (χ2n) is 7.88. The average molecular weight is 455 g/mol. The number of carboxylic acids is 1. The third-order valence-corrected chi connectivity index (χ3v) is 5.68. The second-order valence-corrected chi connectivity index (χ2v) is 7.88. The summed E-state index contributed by atoms with van der Waals surface area (Å²) >= 11 is 0. The minimum absolute atomic E-state index is 0.0618. The van der Waals surface area contributed by atoms with Crippen LogP contribution in [0.5, 0.6) is 5.75 Å². The van der Waals surface area contributed by atoms with E-state index in [1.165, 1.54) is 6.07 Å². The first-order chi connectivity index (χ1) is 16.5. The number of rotatable bonds is 7. The van der Waals surface area contributed by atoms with Crippen LogP contribution in [-0.2, 0) is 16.0 Å². The minimum Gasteiger partial charge on any atom is -0.548 e. The summed E-state index contributed by atoms with van der Waals surface area (Å²) in [5, 5.41) is 16.9. The van der Waals surface area contributed by atoms with Gasteiger partial charge < -0.3 is 29.4 Å². The Balaban J connectivity index is 1.28. The van der Waals surface area contributed by atoms with Crippen LogP contribution in [-0.4, -0.2) is 29.5 Å². The Hall–Kier alpha value is -4.59. The van der Waals surface area contributed by atoms with Gasteiger partial charge in [-0.3, -0.25) is 4.79 Å². The van der Waals surface area contributed by atoms with Crippen LogP contribution in [0, 0.1) is 0 Å². The highest BCUT2D eigenvalue weighted by Crippen LogP contribution is 2.26. The van der Waals surface area contributed by atoms with Crippen molar-refractivity contribution in [3.05, 3.63) is 88.9 Å². The van der Waals surface area contributed by atoms with Crippen LogP contribution in [0.4, 0.5) is 0 Å². The Labute approximate surface area is 192 Å². The van der Waals surface area contributed by atoms with E-state index in [0.717, 1.165) is 27.2 Å². The predicted octanol–water partition coefficient (Wildman–Crippen LogP) is 2.28. The maximum atomic E-state index is 12.4. The quantitative estimate of drug-likeness (QED) is 0.287. The highest BCUT2D eigenvalue weighted by molar-refractivity contribution is 6.04. The minimum atomic E-state index is -1.39. The molecule has 1 amide bonds. The number of carboxylic acid groups (broad SMARTS) is 1. The zero-order valence-corrected chi connectivity index (χ0v) is 17.9. The Morgan fingerprint density at radius 1 is 0.971 bits per heavy atom. The lowest BCUT2D eigenvalue weighted by Gasteiger charge is -2.19. The van der Waals surface area contributed by atoms with Crippen molar-refractivity contribution in [3.8, 4) is 5.75 Å². The van der Waals surface area contributed by atoms with Crippen molar-refractivity contribution in [2.75, 3.05) is 6.61 Å². The van der Waals surface area contributed by atoms with Gasteiger partial charge in [0.2, 0.25) is 0 Å². The number of amides is 1. The maximum absolute atomic E-state index is 12.4. The topological polar surface area (TPSA) is 124 Å². The largest absolute Gasteiger partial charge is 0.548 e. The molecule has 2 heterocycles. The molecule has 3 aromatic carbocycles. The zero-order valence-electron chi connectivity index (χ0n) is 17.9. The van der Waals surface area contributed by atoms with Gasteiger partial charge in [0.15, 0.2) is 6.61 Å². The molecule has 0 bridgehead atoms. The summed E-state index contributed by atoms with van der Waals surface area (Å²) in [6.45, 7) is -0.416. The number of para-hydroxylation sites is 1. The van der Waals surface area contributed by atoms with E-state index in [0.29, 0.717) is 16.7 Å². The average Bonchev–Trinajstić information content (AvgIpc) is 3.25. The smallest absolute Gasteiger partial charge is 0.344 e. The molecule has 2 N–H and O–H groups in total. The van der Waals surface area contributed by atoms with E-state index in [2.05, 4.69) is 10.3 Å². The maximum Gasteiger partial charge on any atom is 0.344 e. The van der Waals surface area contributed by atoms with Crippen molar-refractivity contribution < 1.29 is 23.8 Å². The number of H-pyrrole nitrogens is 1. The summed E-state index contributed by atoms with van der Waals surface area (Å²) in [5.74, 6) is -1.70. The molecule has 0 aliphatic rings. The van der Waals surface area contributed by atoms with Crippen molar-refractivity contribution in [1.82, 2.24) is 10.3 Å². The Morgan fingerprint density at radius 3 is 2.50 bits per heavy atom. The van der Waals surface area contributed by atoms with E-state index in [-0.39, 0.29) is 6.42 Å². The number of ether oxygens (including phenoxy) is 1. The molecule has 8 nitrogen and oxygen atoms in total. The van der Waals surface area contributed by atoms with Crippen LogP contribution < -0.4 is 20.8 Å². The molecule has 170 valence electrons. The molecular weight excluding hydrogens is 436 g/mol. The van der Waals surface area contributed by atoms with Crippen LogP contribution in [0.3, 0.4) is 0 Å². The first-order valence-corrected chi connectivity index (χ1v) is 10.6. The first-order valence-electron chi connectivity index (χ1n) is 10.6. The summed E-state index contributed by atoms with van der Waals surface area (Å²) in [6.07, 6.45) is 1.78. The molecule has 0 spiro atoms. The number of aromatic amines is 1. The van der Waals surface area contributed by atoms with E-state index >= 15 is 0 Å². The van der Waals surface area contributed by atoms with E-state index in [1.807, 2.05) is 36.4 Å². The van der Waals surface area contributed by atoms with Crippen molar-refractivity contribution >= 4 is 44.5 Å². The summed E-state index contributed by atoms with van der Waals surface area (Å²) < 4.78 is 10.9. The Kier molecular flexibility index (Phi) is 5.47. The van der Waals surface area contributed by atoms with E-state index in [4.69, 9.17) is 9.15 Å². The van der Waals surface area contributed by atoms with E-state index < -0.39 is 30.2 Å². The molecule has 0 saturated carbocycles. The van der Waals surface area contributed by atoms with Gasteiger partial charge in [-0.05, 0) is 35.2 Å². The molecule has 1 atom stereocenters. The molecule has 34 heavy (non-hydrogen) atoms. The molecule has 0 aliphatic carbocycles. The van der Waals surface area contributed by atoms with Crippen LogP contribution in [0.15, 0.2) is 82.1 Å². The van der Waals surface area contributed by atoms with Gasteiger partial charge in [-0.25, -0.2) is 4.79 Å². The molecule has 2 aromatic heterocycles. The lowest BCUT2D eigenvalue weighted by atomic mass is 10.1. The fourth-order valence-corrected chi connectivity index (χ4v) is 4.05. The number of benzene rings is 3. The fourth-order valence-electron chi connectivity index (χ4n) is 4.05. The molecule has 0 saturated heterocycles. The van der Waals surface area contributed by atoms with Crippen LogP contribution in [0.2, 0.25) is 0 Å². The van der Waals surface area contributed by atoms with Crippen molar-refractivity contribution in [2.24, 2.45) is 0 Å². The van der Waals surface area contributed by atoms with Crippen LogP contribution in [0.25, 0.3) is 32.6 Å².